The van der Waals surface area contributed by atoms with E-state index in [0.29, 0.717) is 11.3 Å². The average molecular weight is 285 g/mol. The summed E-state index contributed by atoms with van der Waals surface area (Å²) in [6.45, 7) is 1.75. The number of carboxylic acids is 1. The fourth-order valence-corrected chi connectivity index (χ4v) is 1.76. The summed E-state index contributed by atoms with van der Waals surface area (Å²) in [4.78, 5) is 22.6. The zero-order chi connectivity index (χ0) is 15.2. The van der Waals surface area contributed by atoms with E-state index in [4.69, 9.17) is 5.11 Å². The predicted molar refractivity (Wildman–Crippen MR) is 78.7 cm³/mol. The lowest BCUT2D eigenvalue weighted by Crippen LogP contribution is -2.23. The molecule has 0 saturated carbocycles. The highest BCUT2D eigenvalue weighted by Crippen LogP contribution is 2.14. The van der Waals surface area contributed by atoms with Crippen molar-refractivity contribution < 1.29 is 14.7 Å². The van der Waals surface area contributed by atoms with Crippen molar-refractivity contribution in [3.05, 3.63) is 54.4 Å². The highest BCUT2D eigenvalue weighted by Gasteiger charge is 2.14. The third-order valence-electron chi connectivity index (χ3n) is 2.87. The van der Waals surface area contributed by atoms with Crippen molar-refractivity contribution in [2.24, 2.45) is 0 Å². The van der Waals surface area contributed by atoms with E-state index in [1.165, 1.54) is 6.08 Å². The van der Waals surface area contributed by atoms with E-state index in [1.807, 2.05) is 0 Å². The SMILES string of the molecule is CC(C(=O)Nc1cccc(C=CC(=O)O)c1)n1cccn1. The first-order chi connectivity index (χ1) is 10.1. The topological polar surface area (TPSA) is 84.2 Å². The number of nitrogens with zero attached hydrogens (tertiary/aromatic N) is 2. The molecule has 0 aliphatic carbocycles. The summed E-state index contributed by atoms with van der Waals surface area (Å²) in [6, 6.07) is 8.26. The Bertz CT molecular complexity index is 663. The van der Waals surface area contributed by atoms with Gasteiger partial charge in [-0.2, -0.15) is 5.10 Å². The number of aliphatic carboxylic acids is 1. The summed E-state index contributed by atoms with van der Waals surface area (Å²) in [6.07, 6.45) is 5.85. The molecule has 0 saturated heterocycles. The molecule has 1 unspecified atom stereocenters. The largest absolute Gasteiger partial charge is 0.478 e. The van der Waals surface area contributed by atoms with Gasteiger partial charge in [0, 0.05) is 24.2 Å². The molecule has 6 nitrogen and oxygen atoms in total. The van der Waals surface area contributed by atoms with Gasteiger partial charge in [0.05, 0.1) is 0 Å². The lowest BCUT2D eigenvalue weighted by atomic mass is 10.2. The summed E-state index contributed by atoms with van der Waals surface area (Å²) < 4.78 is 1.56. The molecule has 0 radical (unpaired) electrons. The zero-order valence-corrected chi connectivity index (χ0v) is 11.4. The molecule has 21 heavy (non-hydrogen) atoms. The number of carboxylic acid groups (broad SMARTS) is 1. The van der Waals surface area contributed by atoms with E-state index in [2.05, 4.69) is 10.4 Å². The molecule has 2 N–H and O–H groups in total. The van der Waals surface area contributed by atoms with Crippen LogP contribution in [0.4, 0.5) is 5.69 Å². The van der Waals surface area contributed by atoms with Crippen LogP contribution in [-0.2, 0) is 9.59 Å². The van der Waals surface area contributed by atoms with E-state index < -0.39 is 12.0 Å². The third kappa shape index (κ3) is 4.04. The number of amides is 1. The summed E-state index contributed by atoms with van der Waals surface area (Å²) >= 11 is 0. The maximum absolute atomic E-state index is 12.1. The van der Waals surface area contributed by atoms with Gasteiger partial charge >= 0.3 is 5.97 Å². The summed E-state index contributed by atoms with van der Waals surface area (Å²) in [7, 11) is 0. The quantitative estimate of drug-likeness (QED) is 0.825. The van der Waals surface area contributed by atoms with Crippen LogP contribution in [0.5, 0.6) is 0 Å². The minimum absolute atomic E-state index is 0.196. The Kier molecular flexibility index (Phi) is 4.50. The van der Waals surface area contributed by atoms with Gasteiger partial charge in [-0.1, -0.05) is 12.1 Å². The highest BCUT2D eigenvalue weighted by atomic mass is 16.4. The Morgan fingerprint density at radius 1 is 1.38 bits per heavy atom. The second-order valence-electron chi connectivity index (χ2n) is 4.45. The number of hydrogen-bond donors (Lipinski definition) is 2. The molecule has 0 fully saturated rings. The van der Waals surface area contributed by atoms with Crippen LogP contribution in [0.2, 0.25) is 0 Å². The normalized spacial score (nSPS) is 12.2. The summed E-state index contributed by atoms with van der Waals surface area (Å²) in [5.74, 6) is -1.21. The molecule has 0 aliphatic rings. The average Bonchev–Trinajstić information content (AvgIpc) is 2.98. The smallest absolute Gasteiger partial charge is 0.328 e. The monoisotopic (exact) mass is 285 g/mol. The summed E-state index contributed by atoms with van der Waals surface area (Å²) in [5.41, 5.74) is 1.30. The van der Waals surface area contributed by atoms with Gasteiger partial charge in [-0.25, -0.2) is 4.79 Å². The molecule has 108 valence electrons. The molecule has 1 aromatic carbocycles. The van der Waals surface area contributed by atoms with E-state index >= 15 is 0 Å². The number of hydrogen-bond acceptors (Lipinski definition) is 3. The second-order valence-corrected chi connectivity index (χ2v) is 4.45. The number of carbonyl (C=O) groups is 2. The first kappa shape index (κ1) is 14.5. The number of aromatic nitrogens is 2. The van der Waals surface area contributed by atoms with E-state index in [1.54, 1.807) is 54.3 Å². The molecule has 1 aromatic heterocycles. The Balaban J connectivity index is 2.07. The van der Waals surface area contributed by atoms with Crippen molar-refractivity contribution in [3.8, 4) is 0 Å². The Morgan fingerprint density at radius 2 is 2.19 bits per heavy atom. The number of anilines is 1. The minimum atomic E-state index is -1.02. The van der Waals surface area contributed by atoms with Gasteiger partial charge in [-0.15, -0.1) is 0 Å². The number of benzene rings is 1. The van der Waals surface area contributed by atoms with Crippen molar-refractivity contribution in [2.45, 2.75) is 13.0 Å². The molecule has 6 heteroatoms. The van der Waals surface area contributed by atoms with Crippen LogP contribution in [0.3, 0.4) is 0 Å². The van der Waals surface area contributed by atoms with E-state index in [9.17, 15) is 9.59 Å². The highest BCUT2D eigenvalue weighted by molar-refractivity contribution is 5.93. The predicted octanol–water partition coefficient (Wildman–Crippen LogP) is 2.18. The lowest BCUT2D eigenvalue weighted by molar-refractivity contribution is -0.131. The molecule has 1 amide bonds. The number of nitrogens with one attached hydrogen (secondary N) is 1. The van der Waals surface area contributed by atoms with Crippen molar-refractivity contribution in [2.75, 3.05) is 5.32 Å². The first-order valence-corrected chi connectivity index (χ1v) is 6.37. The molecular weight excluding hydrogens is 270 g/mol. The fraction of sp³-hybridized carbons (Fsp3) is 0.133. The maximum Gasteiger partial charge on any atom is 0.328 e. The molecule has 1 heterocycles. The fourth-order valence-electron chi connectivity index (χ4n) is 1.76. The van der Waals surface area contributed by atoms with Gasteiger partial charge < -0.3 is 10.4 Å². The zero-order valence-electron chi connectivity index (χ0n) is 11.4. The lowest BCUT2D eigenvalue weighted by Gasteiger charge is -2.12. The van der Waals surface area contributed by atoms with Gasteiger partial charge in [0.2, 0.25) is 5.91 Å². The molecule has 0 bridgehead atoms. The molecular formula is C15H15N3O3. The molecule has 0 spiro atoms. The van der Waals surface area contributed by atoms with Gasteiger partial charge in [-0.3, -0.25) is 9.48 Å². The standard InChI is InChI=1S/C15H15N3O3/c1-11(18-9-3-8-16-18)15(21)17-13-5-2-4-12(10-13)6-7-14(19)20/h2-11H,1H3,(H,17,21)(H,19,20). The van der Waals surface area contributed by atoms with Crippen LogP contribution in [0.25, 0.3) is 6.08 Å². The van der Waals surface area contributed by atoms with Crippen molar-refractivity contribution >= 4 is 23.6 Å². The van der Waals surface area contributed by atoms with Crippen molar-refractivity contribution in [1.29, 1.82) is 0 Å². The Labute approximate surface area is 121 Å². The number of carbonyl (C=O) groups excluding carboxylic acids is 1. The van der Waals surface area contributed by atoms with Crippen molar-refractivity contribution in [1.82, 2.24) is 9.78 Å². The Morgan fingerprint density at radius 3 is 2.86 bits per heavy atom. The van der Waals surface area contributed by atoms with Crippen LogP contribution in [-0.4, -0.2) is 26.8 Å². The van der Waals surface area contributed by atoms with Gasteiger partial charge in [0.25, 0.3) is 0 Å². The first-order valence-electron chi connectivity index (χ1n) is 6.37. The molecule has 1 atom stereocenters. The molecule has 2 rings (SSSR count). The second kappa shape index (κ2) is 6.51. The van der Waals surface area contributed by atoms with Crippen molar-refractivity contribution in [3.63, 3.8) is 0 Å². The maximum atomic E-state index is 12.1. The van der Waals surface area contributed by atoms with Crippen LogP contribution in [0, 0.1) is 0 Å². The third-order valence-corrected chi connectivity index (χ3v) is 2.87. The van der Waals surface area contributed by atoms with Gasteiger partial charge in [0.1, 0.15) is 6.04 Å². The number of rotatable bonds is 5. The molecule has 0 aliphatic heterocycles. The van der Waals surface area contributed by atoms with Crippen LogP contribution in [0.1, 0.15) is 18.5 Å². The van der Waals surface area contributed by atoms with E-state index in [0.717, 1.165) is 6.08 Å². The van der Waals surface area contributed by atoms with Crippen LogP contribution in [0.15, 0.2) is 48.8 Å². The Hall–Kier alpha value is -2.89. The van der Waals surface area contributed by atoms with E-state index in [-0.39, 0.29) is 5.91 Å². The van der Waals surface area contributed by atoms with Gasteiger partial charge in [0.15, 0.2) is 0 Å². The minimum Gasteiger partial charge on any atom is -0.478 e. The van der Waals surface area contributed by atoms with Gasteiger partial charge in [-0.05, 0) is 36.8 Å². The molecule has 2 aromatic rings. The summed E-state index contributed by atoms with van der Waals surface area (Å²) in [5, 5.41) is 15.4. The van der Waals surface area contributed by atoms with Crippen LogP contribution < -0.4 is 5.32 Å². The van der Waals surface area contributed by atoms with Crippen LogP contribution >= 0.6 is 0 Å².